The normalized spacial score (nSPS) is 27.9. The minimum atomic E-state index is -0.991. The van der Waals surface area contributed by atoms with Crippen LogP contribution in [0.25, 0.3) is 22.6 Å². The highest BCUT2D eigenvalue weighted by molar-refractivity contribution is 5.67. The molecular formula is C22H23FN6O. The summed E-state index contributed by atoms with van der Waals surface area (Å²) in [4.78, 5) is 8.37. The van der Waals surface area contributed by atoms with E-state index < -0.39 is 6.17 Å². The van der Waals surface area contributed by atoms with Gasteiger partial charge in [-0.2, -0.15) is 0 Å². The van der Waals surface area contributed by atoms with Gasteiger partial charge in [0.1, 0.15) is 17.6 Å². The molecule has 3 aromatic rings. The van der Waals surface area contributed by atoms with Crippen molar-refractivity contribution in [2.75, 3.05) is 0 Å². The number of alkyl halides is 1. The third kappa shape index (κ3) is 3.17. The maximum atomic E-state index is 15.0. The predicted molar refractivity (Wildman–Crippen MR) is 111 cm³/mol. The van der Waals surface area contributed by atoms with Gasteiger partial charge < -0.3 is 15.0 Å². The van der Waals surface area contributed by atoms with Crippen molar-refractivity contribution in [2.24, 2.45) is 5.92 Å². The van der Waals surface area contributed by atoms with Crippen molar-refractivity contribution in [1.82, 2.24) is 30.0 Å². The molecule has 1 aromatic carbocycles. The Morgan fingerprint density at radius 3 is 2.93 bits per heavy atom. The minimum Gasteiger partial charge on any atom is -0.507 e. The number of imidazole rings is 1. The van der Waals surface area contributed by atoms with E-state index in [-0.39, 0.29) is 23.2 Å². The second-order valence-electron chi connectivity index (χ2n) is 8.47. The van der Waals surface area contributed by atoms with E-state index in [2.05, 4.69) is 39.0 Å². The Morgan fingerprint density at radius 1 is 1.37 bits per heavy atom. The first-order valence-electron chi connectivity index (χ1n) is 10.1. The molecule has 2 saturated heterocycles. The molecule has 2 fully saturated rings. The van der Waals surface area contributed by atoms with Gasteiger partial charge in [0.25, 0.3) is 0 Å². The summed E-state index contributed by atoms with van der Waals surface area (Å²) in [7, 11) is 0. The first-order valence-corrected chi connectivity index (χ1v) is 10.1. The highest BCUT2D eigenvalue weighted by atomic mass is 19.1. The number of aromatic hydroxyl groups is 1. The van der Waals surface area contributed by atoms with Gasteiger partial charge in [0, 0.05) is 36.0 Å². The van der Waals surface area contributed by atoms with Gasteiger partial charge in [-0.25, -0.2) is 14.4 Å². The zero-order valence-corrected chi connectivity index (χ0v) is 16.7. The third-order valence-corrected chi connectivity index (χ3v) is 6.34. The smallest absolute Gasteiger partial charge is 0.185 e. The van der Waals surface area contributed by atoms with Crippen molar-refractivity contribution < 1.29 is 9.50 Å². The molecule has 4 atom stereocenters. The Labute approximate surface area is 173 Å². The van der Waals surface area contributed by atoms with Gasteiger partial charge in [0.2, 0.25) is 0 Å². The molecule has 2 bridgehead atoms. The second-order valence-corrected chi connectivity index (χ2v) is 8.47. The summed E-state index contributed by atoms with van der Waals surface area (Å²) in [5.74, 6) is 0.0465. The SMILES string of the molecule is C=C(c1cnc(-c2ccc(-n3ccnc3)cc2O)nn1)[C@H]1C[C@]2(C)CCC(N2)[C@H]1F. The fourth-order valence-corrected chi connectivity index (χ4v) is 4.68. The summed E-state index contributed by atoms with van der Waals surface area (Å²) >= 11 is 0. The number of benzene rings is 1. The van der Waals surface area contributed by atoms with Gasteiger partial charge in [0.05, 0.1) is 23.8 Å². The maximum Gasteiger partial charge on any atom is 0.185 e. The van der Waals surface area contributed by atoms with Crippen molar-refractivity contribution in [3.8, 4) is 22.8 Å². The number of aromatic nitrogens is 5. The van der Waals surface area contributed by atoms with E-state index in [0.29, 0.717) is 29.1 Å². The Balaban J connectivity index is 1.38. The summed E-state index contributed by atoms with van der Waals surface area (Å²) in [5, 5.41) is 22.3. The van der Waals surface area contributed by atoms with Crippen LogP contribution in [0.3, 0.4) is 0 Å². The molecule has 5 rings (SSSR count). The molecular weight excluding hydrogens is 383 g/mol. The first-order chi connectivity index (χ1) is 14.4. The molecule has 30 heavy (non-hydrogen) atoms. The first kappa shape index (κ1) is 18.9. The van der Waals surface area contributed by atoms with Crippen LogP contribution in [-0.4, -0.2) is 47.6 Å². The molecule has 8 heteroatoms. The predicted octanol–water partition coefficient (Wildman–Crippen LogP) is 3.31. The minimum absolute atomic E-state index is 0.0428. The molecule has 4 heterocycles. The number of phenolic OH excluding ortho intramolecular Hbond substituents is 1. The number of halogens is 1. The Morgan fingerprint density at radius 2 is 2.23 bits per heavy atom. The number of hydrogen-bond donors (Lipinski definition) is 2. The molecule has 2 aliphatic rings. The van der Waals surface area contributed by atoms with Crippen LogP contribution in [0.2, 0.25) is 0 Å². The largest absolute Gasteiger partial charge is 0.507 e. The van der Waals surface area contributed by atoms with Gasteiger partial charge in [-0.15, -0.1) is 10.2 Å². The topological polar surface area (TPSA) is 88.8 Å². The number of nitrogens with zero attached hydrogens (tertiary/aromatic N) is 5. The van der Waals surface area contributed by atoms with Crippen LogP contribution >= 0.6 is 0 Å². The van der Waals surface area contributed by atoms with Crippen LogP contribution in [0.5, 0.6) is 5.75 Å². The van der Waals surface area contributed by atoms with Crippen molar-refractivity contribution in [2.45, 2.75) is 43.9 Å². The number of rotatable bonds is 4. The summed E-state index contributed by atoms with van der Waals surface area (Å²) in [6.45, 7) is 6.26. The van der Waals surface area contributed by atoms with Gasteiger partial charge >= 0.3 is 0 Å². The number of phenols is 1. The summed E-state index contributed by atoms with van der Waals surface area (Å²) < 4.78 is 16.8. The standard InChI is InChI=1S/C22H23FN6O/c1-13(16-10-22(2)6-5-17(26-22)20(16)23)18-11-25-21(28-27-18)15-4-3-14(9-19(15)30)29-8-7-24-12-29/h3-4,7-9,11-12,16-17,20,26,30H,1,5-6,10H2,2H3/t16-,17?,20+,22+/m1/s1. The highest BCUT2D eigenvalue weighted by Gasteiger charge is 2.49. The Bertz CT molecular complexity index is 1080. The molecule has 7 nitrogen and oxygen atoms in total. The van der Waals surface area contributed by atoms with Crippen LogP contribution in [0, 0.1) is 5.92 Å². The number of fused-ring (bicyclic) bond motifs is 2. The molecule has 1 unspecified atom stereocenters. The van der Waals surface area contributed by atoms with Crippen molar-refractivity contribution in [1.29, 1.82) is 0 Å². The van der Waals surface area contributed by atoms with Gasteiger partial charge in [-0.05, 0) is 43.9 Å². The average Bonchev–Trinajstić information content (AvgIpc) is 3.39. The number of piperidine rings is 1. The van der Waals surface area contributed by atoms with Gasteiger partial charge in [0.15, 0.2) is 5.82 Å². The van der Waals surface area contributed by atoms with Gasteiger partial charge in [-0.1, -0.05) is 6.58 Å². The van der Waals surface area contributed by atoms with Crippen LogP contribution in [0.15, 0.2) is 49.7 Å². The van der Waals surface area contributed by atoms with E-state index in [4.69, 9.17) is 0 Å². The molecule has 154 valence electrons. The van der Waals surface area contributed by atoms with E-state index >= 15 is 0 Å². The van der Waals surface area contributed by atoms with Crippen LogP contribution < -0.4 is 5.32 Å². The zero-order valence-electron chi connectivity index (χ0n) is 16.7. The van der Waals surface area contributed by atoms with Gasteiger partial charge in [-0.3, -0.25) is 0 Å². The Hall–Kier alpha value is -3.13. The zero-order chi connectivity index (χ0) is 20.9. The van der Waals surface area contributed by atoms with Crippen molar-refractivity contribution >= 4 is 5.57 Å². The molecule has 2 N–H and O–H groups in total. The van der Waals surface area contributed by atoms with E-state index in [1.54, 1.807) is 41.6 Å². The van der Waals surface area contributed by atoms with E-state index in [1.165, 1.54) is 0 Å². The van der Waals surface area contributed by atoms with Crippen molar-refractivity contribution in [3.05, 3.63) is 55.4 Å². The molecule has 2 aliphatic heterocycles. The summed E-state index contributed by atoms with van der Waals surface area (Å²) in [5.41, 5.74) is 2.32. The Kier molecular flexibility index (Phi) is 4.39. The van der Waals surface area contributed by atoms with Crippen molar-refractivity contribution in [3.63, 3.8) is 0 Å². The molecule has 2 aromatic heterocycles. The lowest BCUT2D eigenvalue weighted by Gasteiger charge is -2.39. The monoisotopic (exact) mass is 406 g/mol. The van der Waals surface area contributed by atoms with Crippen LogP contribution in [0.1, 0.15) is 31.9 Å². The number of hydrogen-bond acceptors (Lipinski definition) is 6. The van der Waals surface area contributed by atoms with Crippen LogP contribution in [0.4, 0.5) is 4.39 Å². The quantitative estimate of drug-likeness (QED) is 0.691. The third-order valence-electron chi connectivity index (χ3n) is 6.34. The second kappa shape index (κ2) is 6.98. The fraction of sp³-hybridized carbons (Fsp3) is 0.364. The summed E-state index contributed by atoms with van der Waals surface area (Å²) in [6, 6.07) is 5.06. The van der Waals surface area contributed by atoms with E-state index in [1.807, 2.05) is 6.07 Å². The number of allylic oxidation sites excluding steroid dienone is 1. The fourth-order valence-electron chi connectivity index (χ4n) is 4.68. The average molecular weight is 406 g/mol. The summed E-state index contributed by atoms with van der Waals surface area (Å²) in [6.07, 6.45) is 8.18. The maximum absolute atomic E-state index is 15.0. The lowest BCUT2D eigenvalue weighted by atomic mass is 9.79. The lowest BCUT2D eigenvalue weighted by molar-refractivity contribution is 0.135. The molecule has 0 saturated carbocycles. The van der Waals surface area contributed by atoms with E-state index in [0.717, 1.165) is 18.5 Å². The molecule has 0 aliphatic carbocycles. The highest BCUT2D eigenvalue weighted by Crippen LogP contribution is 2.44. The molecule has 0 radical (unpaired) electrons. The van der Waals surface area contributed by atoms with E-state index in [9.17, 15) is 9.50 Å². The molecule has 0 spiro atoms. The van der Waals surface area contributed by atoms with Crippen LogP contribution in [-0.2, 0) is 0 Å². The lowest BCUT2D eigenvalue weighted by Crippen LogP contribution is -2.53. The number of nitrogens with one attached hydrogen (secondary N) is 1. The molecule has 0 amide bonds.